The third-order valence-electron chi connectivity index (χ3n) is 5.49. The zero-order valence-corrected chi connectivity index (χ0v) is 19.1. The van der Waals surface area contributed by atoms with E-state index in [9.17, 15) is 14.4 Å². The Bertz CT molecular complexity index is 1000. The quantitative estimate of drug-likeness (QED) is 0.656. The van der Waals surface area contributed by atoms with Crippen LogP contribution in [0.3, 0.4) is 0 Å². The Hall–Kier alpha value is -2.81. The van der Waals surface area contributed by atoms with Crippen LogP contribution in [0.4, 0.5) is 0 Å². The van der Waals surface area contributed by atoms with Crippen LogP contribution in [0.2, 0.25) is 0 Å². The van der Waals surface area contributed by atoms with Crippen molar-refractivity contribution >= 4 is 29.1 Å². The highest BCUT2D eigenvalue weighted by Gasteiger charge is 2.34. The minimum atomic E-state index is -0.886. The third kappa shape index (κ3) is 4.76. The van der Waals surface area contributed by atoms with E-state index in [1.54, 1.807) is 31.9 Å². The second-order valence-electron chi connectivity index (χ2n) is 8.12. The highest BCUT2D eigenvalue weighted by atomic mass is 32.1. The van der Waals surface area contributed by atoms with Gasteiger partial charge in [-0.25, -0.2) is 4.98 Å². The number of amides is 2. The summed E-state index contributed by atoms with van der Waals surface area (Å²) in [6, 6.07) is 3.20. The Kier molecular flexibility index (Phi) is 6.74. The van der Waals surface area contributed by atoms with Crippen LogP contribution in [0.15, 0.2) is 18.3 Å². The normalized spacial score (nSPS) is 16.4. The van der Waals surface area contributed by atoms with Gasteiger partial charge in [0.15, 0.2) is 0 Å². The summed E-state index contributed by atoms with van der Waals surface area (Å²) in [5.74, 6) is -0.933. The number of primary amides is 1. The molecule has 31 heavy (non-hydrogen) atoms. The van der Waals surface area contributed by atoms with Gasteiger partial charge in [0, 0.05) is 12.7 Å². The molecular weight excluding hydrogens is 416 g/mol. The lowest BCUT2D eigenvalue weighted by Crippen LogP contribution is -2.44. The minimum absolute atomic E-state index is 0.127. The minimum Gasteiger partial charge on any atom is -0.465 e. The van der Waals surface area contributed by atoms with Gasteiger partial charge in [-0.05, 0) is 58.2 Å². The molecule has 2 aromatic rings. The number of ether oxygens (including phenoxy) is 1. The summed E-state index contributed by atoms with van der Waals surface area (Å²) in [6.45, 7) is 8.08. The molecule has 2 amide bonds. The van der Waals surface area contributed by atoms with Crippen LogP contribution in [0, 0.1) is 6.92 Å². The van der Waals surface area contributed by atoms with E-state index in [4.69, 9.17) is 10.5 Å². The van der Waals surface area contributed by atoms with Crippen LogP contribution in [0.1, 0.15) is 50.0 Å². The number of carbonyl (C=O) groups is 3. The van der Waals surface area contributed by atoms with Crippen molar-refractivity contribution in [1.82, 2.24) is 14.9 Å². The van der Waals surface area contributed by atoms with Gasteiger partial charge < -0.3 is 15.4 Å². The fraction of sp³-hybridized carbons (Fsp3) is 0.500. The number of thiazole rings is 1. The van der Waals surface area contributed by atoms with Gasteiger partial charge in [0.05, 0.1) is 29.3 Å². The Morgan fingerprint density at radius 1 is 1.35 bits per heavy atom. The number of pyridine rings is 1. The molecule has 0 aromatic carbocycles. The Morgan fingerprint density at radius 3 is 2.77 bits per heavy atom. The predicted molar refractivity (Wildman–Crippen MR) is 117 cm³/mol. The molecule has 1 aliphatic heterocycles. The molecule has 0 spiro atoms. The molecule has 0 bridgehead atoms. The van der Waals surface area contributed by atoms with E-state index in [1.165, 1.54) is 11.3 Å². The standard InChI is InChI=1S/C22H28N4O4S/c1-5-30-21(29)22(3,4)16-11-14(8-9-24-16)19-13(2)25-17(31-19)12-18(27)26-10-6-7-15(26)20(23)28/h8-9,11,15H,5-7,10,12H2,1-4H3,(H2,23,28)/t15-/m0/s1. The van der Waals surface area contributed by atoms with E-state index in [0.717, 1.165) is 22.6 Å². The zero-order chi connectivity index (χ0) is 22.8. The maximum absolute atomic E-state index is 12.7. The molecule has 1 atom stereocenters. The van der Waals surface area contributed by atoms with Gasteiger partial charge in [-0.1, -0.05) is 0 Å². The van der Waals surface area contributed by atoms with E-state index in [2.05, 4.69) is 9.97 Å². The van der Waals surface area contributed by atoms with Crippen LogP contribution in [0.25, 0.3) is 10.4 Å². The summed E-state index contributed by atoms with van der Waals surface area (Å²) in [5.41, 5.74) is 6.83. The highest BCUT2D eigenvalue weighted by Crippen LogP contribution is 2.33. The maximum Gasteiger partial charge on any atom is 0.317 e. The van der Waals surface area contributed by atoms with Crippen LogP contribution < -0.4 is 5.73 Å². The van der Waals surface area contributed by atoms with Gasteiger partial charge in [0.1, 0.15) is 16.5 Å². The molecule has 166 valence electrons. The molecule has 0 radical (unpaired) electrons. The first-order chi connectivity index (χ1) is 14.6. The van der Waals surface area contributed by atoms with Crippen molar-refractivity contribution in [3.63, 3.8) is 0 Å². The SMILES string of the molecule is CCOC(=O)C(C)(C)c1cc(-c2sc(CC(=O)N3CCC[C@H]3C(N)=O)nc2C)ccn1. The van der Waals surface area contributed by atoms with Crippen molar-refractivity contribution in [2.24, 2.45) is 5.73 Å². The lowest BCUT2D eigenvalue weighted by Gasteiger charge is -2.22. The molecule has 0 unspecified atom stereocenters. The van der Waals surface area contributed by atoms with E-state index >= 15 is 0 Å². The lowest BCUT2D eigenvalue weighted by atomic mass is 9.88. The average molecular weight is 445 g/mol. The molecule has 0 aliphatic carbocycles. The smallest absolute Gasteiger partial charge is 0.317 e. The Labute approximate surface area is 185 Å². The highest BCUT2D eigenvalue weighted by molar-refractivity contribution is 7.15. The summed E-state index contributed by atoms with van der Waals surface area (Å²) in [7, 11) is 0. The molecule has 2 aromatic heterocycles. The second kappa shape index (κ2) is 9.13. The second-order valence-corrected chi connectivity index (χ2v) is 9.21. The molecule has 2 N–H and O–H groups in total. The van der Waals surface area contributed by atoms with Crippen LogP contribution in [0.5, 0.6) is 0 Å². The molecule has 3 heterocycles. The van der Waals surface area contributed by atoms with Crippen molar-refractivity contribution in [3.05, 3.63) is 34.7 Å². The number of likely N-dealkylation sites (tertiary alicyclic amines) is 1. The maximum atomic E-state index is 12.7. The fourth-order valence-electron chi connectivity index (χ4n) is 3.72. The summed E-state index contributed by atoms with van der Waals surface area (Å²) < 4.78 is 5.19. The van der Waals surface area contributed by atoms with Gasteiger partial charge in [0.25, 0.3) is 0 Å². The first kappa shape index (κ1) is 22.9. The van der Waals surface area contributed by atoms with Gasteiger partial charge in [-0.15, -0.1) is 11.3 Å². The topological polar surface area (TPSA) is 115 Å². The summed E-state index contributed by atoms with van der Waals surface area (Å²) in [4.78, 5) is 48.1. The predicted octanol–water partition coefficient (Wildman–Crippen LogP) is 2.37. The average Bonchev–Trinajstić information content (AvgIpc) is 3.35. The van der Waals surface area contributed by atoms with Crippen LogP contribution >= 0.6 is 11.3 Å². The molecular formula is C22H28N4O4S. The third-order valence-corrected chi connectivity index (χ3v) is 6.70. The van der Waals surface area contributed by atoms with Crippen molar-refractivity contribution in [2.75, 3.05) is 13.2 Å². The number of aromatic nitrogens is 2. The first-order valence-corrected chi connectivity index (χ1v) is 11.2. The summed E-state index contributed by atoms with van der Waals surface area (Å²) >= 11 is 1.43. The fourth-order valence-corrected chi connectivity index (χ4v) is 4.77. The van der Waals surface area contributed by atoms with E-state index in [1.807, 2.05) is 19.1 Å². The number of aryl methyl sites for hydroxylation is 1. The number of nitrogens with zero attached hydrogens (tertiary/aromatic N) is 3. The summed E-state index contributed by atoms with van der Waals surface area (Å²) in [5, 5.41) is 0.677. The molecule has 8 nitrogen and oxygen atoms in total. The van der Waals surface area contributed by atoms with Gasteiger partial charge >= 0.3 is 5.97 Å². The number of hydrogen-bond donors (Lipinski definition) is 1. The van der Waals surface area contributed by atoms with Crippen molar-refractivity contribution in [3.8, 4) is 10.4 Å². The van der Waals surface area contributed by atoms with Crippen LogP contribution in [-0.2, 0) is 31.0 Å². The van der Waals surface area contributed by atoms with Crippen molar-refractivity contribution < 1.29 is 19.1 Å². The molecule has 1 aliphatic rings. The first-order valence-electron chi connectivity index (χ1n) is 10.3. The monoisotopic (exact) mass is 444 g/mol. The number of esters is 1. The van der Waals surface area contributed by atoms with Gasteiger partial charge in [-0.3, -0.25) is 19.4 Å². The summed E-state index contributed by atoms with van der Waals surface area (Å²) in [6.07, 6.45) is 3.18. The van der Waals surface area contributed by atoms with E-state index in [0.29, 0.717) is 30.3 Å². The molecule has 1 fully saturated rings. The molecule has 0 saturated carbocycles. The Morgan fingerprint density at radius 2 is 2.10 bits per heavy atom. The number of carbonyl (C=O) groups excluding carboxylic acids is 3. The molecule has 3 rings (SSSR count). The van der Waals surface area contributed by atoms with E-state index in [-0.39, 0.29) is 18.3 Å². The van der Waals surface area contributed by atoms with Crippen molar-refractivity contribution in [2.45, 2.75) is 58.4 Å². The number of nitrogens with two attached hydrogens (primary N) is 1. The lowest BCUT2D eigenvalue weighted by molar-refractivity contribution is -0.149. The van der Waals surface area contributed by atoms with E-state index < -0.39 is 17.4 Å². The van der Waals surface area contributed by atoms with Crippen LogP contribution in [-0.4, -0.2) is 51.8 Å². The largest absolute Gasteiger partial charge is 0.465 e. The van der Waals surface area contributed by atoms with Crippen molar-refractivity contribution in [1.29, 1.82) is 0 Å². The molecule has 1 saturated heterocycles. The number of rotatable bonds is 7. The molecule has 9 heteroatoms. The van der Waals surface area contributed by atoms with Gasteiger partial charge in [0.2, 0.25) is 11.8 Å². The number of hydrogen-bond acceptors (Lipinski definition) is 7. The zero-order valence-electron chi connectivity index (χ0n) is 18.3. The van der Waals surface area contributed by atoms with Gasteiger partial charge in [-0.2, -0.15) is 0 Å². The Balaban J connectivity index is 1.82.